The summed E-state index contributed by atoms with van der Waals surface area (Å²) in [5.74, 6) is -0.128. The number of carbonyl (C=O) groups is 1. The molecule has 2 N–H and O–H groups in total. The molecule has 0 aliphatic carbocycles. The molecule has 8 heteroatoms. The summed E-state index contributed by atoms with van der Waals surface area (Å²) in [5.41, 5.74) is 10.4. The molecule has 3 heterocycles. The van der Waals surface area contributed by atoms with Crippen molar-refractivity contribution in [1.82, 2.24) is 14.5 Å². The van der Waals surface area contributed by atoms with Gasteiger partial charge in [0, 0.05) is 29.0 Å². The number of halogens is 1. The number of carbonyl (C=O) groups excluding carboxylic acids is 1. The third-order valence-corrected chi connectivity index (χ3v) is 6.83. The Morgan fingerprint density at radius 1 is 1.09 bits per heavy atom. The van der Waals surface area contributed by atoms with Crippen LogP contribution >= 0.6 is 22.9 Å². The van der Waals surface area contributed by atoms with Crippen LogP contribution in [0.1, 0.15) is 28.3 Å². The van der Waals surface area contributed by atoms with Crippen molar-refractivity contribution in [3.63, 3.8) is 0 Å². The average Bonchev–Trinajstić information content (AvgIpc) is 3.43. The van der Waals surface area contributed by atoms with Gasteiger partial charge in [0.25, 0.3) is 5.91 Å². The number of ether oxygens (including phenoxy) is 1. The number of imidazole rings is 1. The predicted molar refractivity (Wildman–Crippen MR) is 131 cm³/mol. The molecule has 164 valence electrons. The number of rotatable bonds is 6. The number of nitrogens with zero attached hydrogens (tertiary/aromatic N) is 3. The molecular formula is C25H19ClN4O2S. The minimum Gasteiger partial charge on any atom is -0.484 e. The van der Waals surface area contributed by atoms with Gasteiger partial charge in [-0.05, 0) is 48.4 Å². The average molecular weight is 475 g/mol. The van der Waals surface area contributed by atoms with E-state index < -0.39 is 5.91 Å². The van der Waals surface area contributed by atoms with Crippen LogP contribution in [-0.2, 0) is 0 Å². The van der Waals surface area contributed by atoms with Crippen LogP contribution in [0.3, 0.4) is 0 Å². The van der Waals surface area contributed by atoms with E-state index in [0.717, 1.165) is 32.7 Å². The smallest absolute Gasteiger partial charge is 0.262 e. The van der Waals surface area contributed by atoms with Crippen molar-refractivity contribution >= 4 is 39.9 Å². The van der Waals surface area contributed by atoms with Gasteiger partial charge in [0.2, 0.25) is 0 Å². The van der Waals surface area contributed by atoms with E-state index in [1.165, 1.54) is 11.3 Å². The lowest BCUT2D eigenvalue weighted by molar-refractivity contribution is 0.0998. The summed E-state index contributed by atoms with van der Waals surface area (Å²) < 4.78 is 8.08. The Morgan fingerprint density at radius 3 is 2.64 bits per heavy atom. The van der Waals surface area contributed by atoms with Crippen molar-refractivity contribution in [2.24, 2.45) is 5.73 Å². The fraction of sp³-hybridized carbons (Fsp3) is 0.0800. The molecular weight excluding hydrogens is 456 g/mol. The Balaban J connectivity index is 1.55. The highest BCUT2D eigenvalue weighted by molar-refractivity contribution is 7.16. The largest absolute Gasteiger partial charge is 0.484 e. The zero-order chi connectivity index (χ0) is 22.9. The molecule has 6 nitrogen and oxygen atoms in total. The lowest BCUT2D eigenvalue weighted by Crippen LogP contribution is -2.12. The number of benzene rings is 2. The third-order valence-electron chi connectivity index (χ3n) is 5.35. The minimum atomic E-state index is -0.547. The standard InChI is InChI=1S/C25H19ClN4O2S/c1-15(18-4-2-3-5-19(18)26)32-22-13-23(33-24(22)25(27)31)30-14-29-20-7-6-17(12-21(20)30)16-8-10-28-11-9-16/h2-15H,1H3,(H2,27,31)/t15-/m1/s1. The van der Waals surface area contributed by atoms with E-state index in [1.807, 2.05) is 66.1 Å². The summed E-state index contributed by atoms with van der Waals surface area (Å²) in [6.45, 7) is 1.89. The van der Waals surface area contributed by atoms with Crippen LogP contribution in [0.5, 0.6) is 5.75 Å². The second-order valence-corrected chi connectivity index (χ2v) is 8.92. The maximum Gasteiger partial charge on any atom is 0.262 e. The molecule has 33 heavy (non-hydrogen) atoms. The second kappa shape index (κ2) is 8.69. The van der Waals surface area contributed by atoms with Gasteiger partial charge in [-0.1, -0.05) is 35.9 Å². The van der Waals surface area contributed by atoms with Crippen molar-refractivity contribution in [2.75, 3.05) is 0 Å². The number of primary amides is 1. The summed E-state index contributed by atoms with van der Waals surface area (Å²) in [5, 5.41) is 1.38. The third kappa shape index (κ3) is 4.08. The molecule has 0 fully saturated rings. The van der Waals surface area contributed by atoms with Crippen molar-refractivity contribution in [3.8, 4) is 21.9 Å². The number of fused-ring (bicyclic) bond motifs is 1. The Morgan fingerprint density at radius 2 is 1.88 bits per heavy atom. The first-order valence-corrected chi connectivity index (χ1v) is 11.4. The summed E-state index contributed by atoms with van der Waals surface area (Å²) in [6.07, 6.45) is 4.90. The first-order chi connectivity index (χ1) is 16.0. The van der Waals surface area contributed by atoms with Crippen molar-refractivity contribution < 1.29 is 9.53 Å². The molecule has 0 saturated carbocycles. The number of aromatic nitrogens is 3. The Bertz CT molecular complexity index is 1460. The van der Waals surface area contributed by atoms with Gasteiger partial charge in [0.15, 0.2) is 0 Å². The SMILES string of the molecule is C[C@@H](Oc1cc(-n2cnc3ccc(-c4ccncc4)cc32)sc1C(N)=O)c1ccccc1Cl. The molecule has 0 unspecified atom stereocenters. The molecule has 2 aromatic carbocycles. The monoisotopic (exact) mass is 474 g/mol. The van der Waals surface area contributed by atoms with Gasteiger partial charge in [0.1, 0.15) is 28.1 Å². The topological polar surface area (TPSA) is 83.0 Å². The Labute approximate surface area is 199 Å². The number of pyridine rings is 1. The summed E-state index contributed by atoms with van der Waals surface area (Å²) in [4.78, 5) is 21.1. The predicted octanol–water partition coefficient (Wildman–Crippen LogP) is 6.04. The number of thiophene rings is 1. The van der Waals surface area contributed by atoms with Crippen LogP contribution in [0, 0.1) is 0 Å². The molecule has 0 bridgehead atoms. The lowest BCUT2D eigenvalue weighted by Gasteiger charge is -2.16. The number of amides is 1. The van der Waals surface area contributed by atoms with E-state index in [2.05, 4.69) is 16.0 Å². The first kappa shape index (κ1) is 21.2. The summed E-state index contributed by atoms with van der Waals surface area (Å²) >= 11 is 7.58. The van der Waals surface area contributed by atoms with E-state index in [4.69, 9.17) is 22.1 Å². The van der Waals surface area contributed by atoms with Crippen LogP contribution in [-0.4, -0.2) is 20.4 Å². The fourth-order valence-electron chi connectivity index (χ4n) is 3.71. The van der Waals surface area contributed by atoms with Gasteiger partial charge >= 0.3 is 0 Å². The van der Waals surface area contributed by atoms with Crippen LogP contribution in [0.4, 0.5) is 0 Å². The Kier molecular flexibility index (Phi) is 5.58. The molecule has 0 saturated heterocycles. The minimum absolute atomic E-state index is 0.344. The van der Waals surface area contributed by atoms with Crippen LogP contribution in [0.25, 0.3) is 27.2 Å². The van der Waals surface area contributed by atoms with Gasteiger partial charge in [-0.2, -0.15) is 0 Å². The van der Waals surface area contributed by atoms with E-state index >= 15 is 0 Å². The van der Waals surface area contributed by atoms with Gasteiger partial charge in [-0.15, -0.1) is 11.3 Å². The quantitative estimate of drug-likeness (QED) is 0.325. The van der Waals surface area contributed by atoms with E-state index in [-0.39, 0.29) is 6.10 Å². The van der Waals surface area contributed by atoms with Crippen LogP contribution in [0.2, 0.25) is 5.02 Å². The molecule has 0 aliphatic heterocycles. The summed E-state index contributed by atoms with van der Waals surface area (Å²) in [7, 11) is 0. The van der Waals surface area contributed by atoms with Crippen LogP contribution in [0.15, 0.2) is 79.4 Å². The maximum atomic E-state index is 12.2. The van der Waals surface area contributed by atoms with E-state index in [1.54, 1.807) is 18.7 Å². The lowest BCUT2D eigenvalue weighted by atomic mass is 10.1. The molecule has 5 aromatic rings. The molecule has 3 aromatic heterocycles. The maximum absolute atomic E-state index is 12.2. The highest BCUT2D eigenvalue weighted by Gasteiger charge is 2.21. The zero-order valence-corrected chi connectivity index (χ0v) is 19.2. The highest BCUT2D eigenvalue weighted by Crippen LogP contribution is 2.37. The number of hydrogen-bond acceptors (Lipinski definition) is 5. The molecule has 1 atom stereocenters. The van der Waals surface area contributed by atoms with Gasteiger partial charge < -0.3 is 10.5 Å². The zero-order valence-electron chi connectivity index (χ0n) is 17.6. The molecule has 1 amide bonds. The molecule has 0 spiro atoms. The number of nitrogens with two attached hydrogens (primary N) is 1. The fourth-order valence-corrected chi connectivity index (χ4v) is 4.92. The van der Waals surface area contributed by atoms with Gasteiger partial charge in [-0.25, -0.2) is 4.98 Å². The second-order valence-electron chi connectivity index (χ2n) is 7.48. The Hall–Kier alpha value is -3.68. The molecule has 0 radical (unpaired) electrons. The number of hydrogen-bond donors (Lipinski definition) is 1. The van der Waals surface area contributed by atoms with Crippen molar-refractivity contribution in [3.05, 3.63) is 94.8 Å². The van der Waals surface area contributed by atoms with Gasteiger partial charge in [0.05, 0.1) is 11.0 Å². The highest BCUT2D eigenvalue weighted by atomic mass is 35.5. The van der Waals surface area contributed by atoms with Crippen molar-refractivity contribution in [1.29, 1.82) is 0 Å². The first-order valence-electron chi connectivity index (χ1n) is 10.2. The summed E-state index contributed by atoms with van der Waals surface area (Å²) in [6, 6.07) is 19.3. The van der Waals surface area contributed by atoms with E-state index in [0.29, 0.717) is 15.6 Å². The molecule has 0 aliphatic rings. The van der Waals surface area contributed by atoms with E-state index in [9.17, 15) is 4.79 Å². The van der Waals surface area contributed by atoms with Gasteiger partial charge in [-0.3, -0.25) is 14.3 Å². The van der Waals surface area contributed by atoms with Crippen LogP contribution < -0.4 is 10.5 Å². The van der Waals surface area contributed by atoms with Crippen molar-refractivity contribution in [2.45, 2.75) is 13.0 Å². The normalized spacial score (nSPS) is 12.1. The molecule has 5 rings (SSSR count).